The van der Waals surface area contributed by atoms with Crippen molar-refractivity contribution in [1.29, 1.82) is 0 Å². The van der Waals surface area contributed by atoms with E-state index in [9.17, 15) is 0 Å². The number of rotatable bonds is 7. The Morgan fingerprint density at radius 2 is 2.10 bits per heavy atom. The predicted octanol–water partition coefficient (Wildman–Crippen LogP) is 4.04. The number of benzene rings is 1. The third-order valence-electron chi connectivity index (χ3n) is 3.57. The Morgan fingerprint density at radius 1 is 1.19 bits per heavy atom. The third kappa shape index (κ3) is 3.93. The molecular weight excluding hydrogens is 280 g/mol. The molecular formula is C17H20N2OS. The number of aromatic nitrogens is 1. The Kier molecular flexibility index (Phi) is 4.68. The first-order chi connectivity index (χ1) is 10.3. The normalized spacial score (nSPS) is 12.8. The molecule has 3 rings (SSSR count). The Bertz CT molecular complexity index is 642. The molecule has 4 heteroatoms. The van der Waals surface area contributed by atoms with Gasteiger partial charge in [-0.1, -0.05) is 12.1 Å². The number of furan rings is 1. The van der Waals surface area contributed by atoms with E-state index in [2.05, 4.69) is 35.4 Å². The molecule has 0 saturated heterocycles. The Hall–Kier alpha value is -1.65. The van der Waals surface area contributed by atoms with Crippen LogP contribution in [0.2, 0.25) is 0 Å². The van der Waals surface area contributed by atoms with Crippen LogP contribution < -0.4 is 5.32 Å². The number of thiazole rings is 1. The van der Waals surface area contributed by atoms with E-state index in [0.29, 0.717) is 6.04 Å². The summed E-state index contributed by atoms with van der Waals surface area (Å²) in [5.41, 5.74) is 1.11. The number of nitrogens with zero attached hydrogens (tertiary/aromatic N) is 1. The van der Waals surface area contributed by atoms with Crippen molar-refractivity contribution >= 4 is 21.6 Å². The topological polar surface area (TPSA) is 38.1 Å². The summed E-state index contributed by atoms with van der Waals surface area (Å²) in [6.07, 6.45) is 4.81. The van der Waals surface area contributed by atoms with Gasteiger partial charge in [-0.2, -0.15) is 0 Å². The average Bonchev–Trinajstić information content (AvgIpc) is 3.14. The average molecular weight is 300 g/mol. The highest BCUT2D eigenvalue weighted by molar-refractivity contribution is 7.18. The van der Waals surface area contributed by atoms with Crippen LogP contribution in [0, 0.1) is 0 Å². The second kappa shape index (κ2) is 6.87. The number of aryl methyl sites for hydroxylation is 1. The summed E-state index contributed by atoms with van der Waals surface area (Å²) in [5, 5.41) is 4.77. The van der Waals surface area contributed by atoms with E-state index in [4.69, 9.17) is 4.42 Å². The highest BCUT2D eigenvalue weighted by atomic mass is 32.1. The fourth-order valence-electron chi connectivity index (χ4n) is 2.37. The maximum absolute atomic E-state index is 5.36. The molecule has 110 valence electrons. The molecule has 0 aliphatic rings. The number of nitrogens with one attached hydrogen (secondary N) is 1. The van der Waals surface area contributed by atoms with Crippen molar-refractivity contribution in [3.63, 3.8) is 0 Å². The second-order valence-corrected chi connectivity index (χ2v) is 6.41. The smallest absolute Gasteiger partial charge is 0.103 e. The summed E-state index contributed by atoms with van der Waals surface area (Å²) in [6.45, 7) is 3.19. The maximum Gasteiger partial charge on any atom is 0.103 e. The van der Waals surface area contributed by atoms with Gasteiger partial charge < -0.3 is 9.73 Å². The first kappa shape index (κ1) is 14.3. The van der Waals surface area contributed by atoms with E-state index in [0.717, 1.165) is 37.1 Å². The Morgan fingerprint density at radius 3 is 2.90 bits per heavy atom. The number of fused-ring (bicyclic) bond motifs is 1. The van der Waals surface area contributed by atoms with Crippen LogP contribution in [0.3, 0.4) is 0 Å². The molecule has 3 nitrogen and oxygen atoms in total. The van der Waals surface area contributed by atoms with E-state index in [1.807, 2.05) is 18.2 Å². The van der Waals surface area contributed by atoms with Gasteiger partial charge in [0, 0.05) is 25.4 Å². The van der Waals surface area contributed by atoms with Crippen molar-refractivity contribution in [1.82, 2.24) is 10.3 Å². The predicted molar refractivity (Wildman–Crippen MR) is 87.8 cm³/mol. The van der Waals surface area contributed by atoms with Gasteiger partial charge in [-0.05, 0) is 37.6 Å². The van der Waals surface area contributed by atoms with E-state index in [1.54, 1.807) is 17.6 Å². The van der Waals surface area contributed by atoms with Crippen LogP contribution in [-0.2, 0) is 12.8 Å². The zero-order valence-electron chi connectivity index (χ0n) is 12.2. The molecule has 0 aliphatic heterocycles. The van der Waals surface area contributed by atoms with Gasteiger partial charge in [-0.3, -0.25) is 0 Å². The lowest BCUT2D eigenvalue weighted by molar-refractivity contribution is 0.461. The molecule has 3 aromatic rings. The Labute approximate surface area is 129 Å². The van der Waals surface area contributed by atoms with Gasteiger partial charge in [-0.25, -0.2) is 4.98 Å². The highest BCUT2D eigenvalue weighted by Gasteiger charge is 2.06. The van der Waals surface area contributed by atoms with Gasteiger partial charge >= 0.3 is 0 Å². The lowest BCUT2D eigenvalue weighted by Crippen LogP contribution is -2.28. The van der Waals surface area contributed by atoms with Gasteiger partial charge in [0.15, 0.2) is 0 Å². The molecule has 0 spiro atoms. The first-order valence-electron chi connectivity index (χ1n) is 7.41. The van der Waals surface area contributed by atoms with Crippen LogP contribution in [-0.4, -0.2) is 17.6 Å². The zero-order valence-corrected chi connectivity index (χ0v) is 13.0. The molecule has 21 heavy (non-hydrogen) atoms. The van der Waals surface area contributed by atoms with Gasteiger partial charge in [0.1, 0.15) is 5.76 Å². The fourth-order valence-corrected chi connectivity index (χ4v) is 3.33. The van der Waals surface area contributed by atoms with Crippen LogP contribution in [0.4, 0.5) is 0 Å². The van der Waals surface area contributed by atoms with Crippen molar-refractivity contribution in [2.24, 2.45) is 0 Å². The van der Waals surface area contributed by atoms with E-state index < -0.39 is 0 Å². The summed E-state index contributed by atoms with van der Waals surface area (Å²) in [5.74, 6) is 1.06. The van der Waals surface area contributed by atoms with Crippen molar-refractivity contribution < 1.29 is 4.42 Å². The molecule has 1 unspecified atom stereocenters. The van der Waals surface area contributed by atoms with Crippen molar-refractivity contribution in [3.05, 3.63) is 53.4 Å². The standard InChI is InChI=1S/C17H20N2OS/c1-13(8-9-14-5-4-12-20-14)18-11-10-17-19-15-6-2-3-7-16(15)21-17/h2-7,12-13,18H,8-11H2,1H3. The molecule has 1 atom stereocenters. The van der Waals surface area contributed by atoms with Crippen LogP contribution in [0.5, 0.6) is 0 Å². The summed E-state index contributed by atoms with van der Waals surface area (Å²) >= 11 is 1.79. The van der Waals surface area contributed by atoms with Gasteiger partial charge in [0.25, 0.3) is 0 Å². The molecule has 2 heterocycles. The first-order valence-corrected chi connectivity index (χ1v) is 8.23. The lowest BCUT2D eigenvalue weighted by atomic mass is 10.1. The van der Waals surface area contributed by atoms with Crippen molar-refractivity contribution in [2.75, 3.05) is 6.54 Å². The zero-order chi connectivity index (χ0) is 14.5. The number of hydrogen-bond donors (Lipinski definition) is 1. The fraction of sp³-hybridized carbons (Fsp3) is 0.353. The van der Waals surface area contributed by atoms with Crippen LogP contribution in [0.1, 0.15) is 24.1 Å². The van der Waals surface area contributed by atoms with Crippen LogP contribution in [0.15, 0.2) is 47.1 Å². The van der Waals surface area contributed by atoms with Gasteiger partial charge in [0.2, 0.25) is 0 Å². The van der Waals surface area contributed by atoms with Gasteiger partial charge in [-0.15, -0.1) is 11.3 Å². The van der Waals surface area contributed by atoms with Crippen molar-refractivity contribution in [3.8, 4) is 0 Å². The molecule has 1 N–H and O–H groups in total. The minimum absolute atomic E-state index is 0.490. The van der Waals surface area contributed by atoms with E-state index >= 15 is 0 Å². The molecule has 0 amide bonds. The Balaban J connectivity index is 1.42. The molecule has 0 fully saturated rings. The molecule has 1 aromatic carbocycles. The largest absolute Gasteiger partial charge is 0.469 e. The minimum atomic E-state index is 0.490. The second-order valence-electron chi connectivity index (χ2n) is 5.30. The highest BCUT2D eigenvalue weighted by Crippen LogP contribution is 2.21. The SMILES string of the molecule is CC(CCc1ccco1)NCCc1nc2ccccc2s1. The summed E-state index contributed by atoms with van der Waals surface area (Å²) in [7, 11) is 0. The molecule has 0 bridgehead atoms. The number of hydrogen-bond acceptors (Lipinski definition) is 4. The molecule has 0 aliphatic carbocycles. The minimum Gasteiger partial charge on any atom is -0.469 e. The lowest BCUT2D eigenvalue weighted by Gasteiger charge is -2.12. The van der Waals surface area contributed by atoms with Gasteiger partial charge in [0.05, 0.1) is 21.5 Å². The quantitative estimate of drug-likeness (QED) is 0.715. The molecule has 0 saturated carbocycles. The third-order valence-corrected chi connectivity index (χ3v) is 4.67. The summed E-state index contributed by atoms with van der Waals surface area (Å²) < 4.78 is 6.63. The van der Waals surface area contributed by atoms with Crippen LogP contribution >= 0.6 is 11.3 Å². The van der Waals surface area contributed by atoms with E-state index in [1.165, 1.54) is 9.71 Å². The monoisotopic (exact) mass is 300 g/mol. The maximum atomic E-state index is 5.36. The molecule has 0 radical (unpaired) electrons. The van der Waals surface area contributed by atoms with Crippen LogP contribution in [0.25, 0.3) is 10.2 Å². The summed E-state index contributed by atoms with van der Waals surface area (Å²) in [4.78, 5) is 4.66. The molecule has 2 aromatic heterocycles. The van der Waals surface area contributed by atoms with Crippen molar-refractivity contribution in [2.45, 2.75) is 32.2 Å². The summed E-state index contributed by atoms with van der Waals surface area (Å²) in [6, 6.07) is 12.8. The van der Waals surface area contributed by atoms with E-state index in [-0.39, 0.29) is 0 Å². The number of para-hydroxylation sites is 1.